The van der Waals surface area contributed by atoms with Gasteiger partial charge in [0.25, 0.3) is 0 Å². The van der Waals surface area contributed by atoms with Crippen molar-refractivity contribution in [1.82, 2.24) is 0 Å². The van der Waals surface area contributed by atoms with Gasteiger partial charge in [0.05, 0.1) is 25.6 Å². The van der Waals surface area contributed by atoms with Crippen molar-refractivity contribution in [2.24, 2.45) is 23.2 Å². The van der Waals surface area contributed by atoms with E-state index in [1.165, 1.54) is 5.57 Å². The molecule has 2 bridgehead atoms. The Morgan fingerprint density at radius 2 is 1.81 bits per heavy atom. The summed E-state index contributed by atoms with van der Waals surface area (Å²) >= 11 is 0. The second kappa shape index (κ2) is 8.33. The highest BCUT2D eigenvalue weighted by Gasteiger charge is 2.53. The molecule has 3 rings (SSSR count). The summed E-state index contributed by atoms with van der Waals surface area (Å²) < 4.78 is 31.4. The minimum absolute atomic E-state index is 0.0780. The van der Waals surface area contributed by atoms with Gasteiger partial charge in [0.15, 0.2) is 0 Å². The van der Waals surface area contributed by atoms with Crippen LogP contribution in [0.2, 0.25) is 0 Å². The number of fused-ring (bicyclic) bond motifs is 2. The van der Waals surface area contributed by atoms with E-state index in [1.54, 1.807) is 12.1 Å². The highest BCUT2D eigenvalue weighted by molar-refractivity contribution is 7.92. The van der Waals surface area contributed by atoms with Crippen molar-refractivity contribution >= 4 is 15.7 Å². The Kier molecular flexibility index (Phi) is 6.77. The number of aliphatic hydroxyl groups is 1. The summed E-state index contributed by atoms with van der Waals surface area (Å²) in [6.07, 6.45) is 3.33. The molecule has 0 amide bonds. The molecule has 5 unspecified atom stereocenters. The summed E-state index contributed by atoms with van der Waals surface area (Å²) in [6.45, 7) is 11.2. The quantitative estimate of drug-likeness (QED) is 0.756. The zero-order chi connectivity index (χ0) is 20.4. The number of hydrogen-bond donors (Lipinski definition) is 2. The number of aliphatic hydroxyl groups excluding tert-OH is 1. The molecule has 5 atom stereocenters. The van der Waals surface area contributed by atoms with Gasteiger partial charge >= 0.3 is 0 Å². The molecule has 1 aromatic carbocycles. The van der Waals surface area contributed by atoms with Crippen LogP contribution >= 0.6 is 0 Å². The standard InChI is InChI=1S/C19H27NO4S.C2H6/c1-12-9-13(2)19(10-21)11-24-18(17(12)14(19)3)15-5-7-16(8-6-15)20-25(4,22)23;1-2/h5-9,13-14,17-18,20-21H,10-11H2,1-4H3;1-2H3. The summed E-state index contributed by atoms with van der Waals surface area (Å²) in [5.74, 6) is 0.807. The summed E-state index contributed by atoms with van der Waals surface area (Å²) in [5.41, 5.74) is 2.65. The van der Waals surface area contributed by atoms with Crippen molar-refractivity contribution in [3.05, 3.63) is 41.5 Å². The number of benzene rings is 1. The van der Waals surface area contributed by atoms with E-state index < -0.39 is 10.0 Å². The van der Waals surface area contributed by atoms with Gasteiger partial charge in [0.1, 0.15) is 0 Å². The van der Waals surface area contributed by atoms with E-state index in [9.17, 15) is 13.5 Å². The summed E-state index contributed by atoms with van der Waals surface area (Å²) in [7, 11) is -3.28. The predicted molar refractivity (Wildman–Crippen MR) is 110 cm³/mol. The van der Waals surface area contributed by atoms with E-state index in [-0.39, 0.29) is 30.0 Å². The lowest BCUT2D eigenvalue weighted by molar-refractivity contribution is -0.165. The summed E-state index contributed by atoms with van der Waals surface area (Å²) in [6, 6.07) is 7.37. The molecule has 1 heterocycles. The van der Waals surface area contributed by atoms with Crippen LogP contribution in [-0.4, -0.2) is 33.0 Å². The molecule has 27 heavy (non-hydrogen) atoms. The zero-order valence-electron chi connectivity index (χ0n) is 17.2. The molecule has 6 heteroatoms. The monoisotopic (exact) mass is 395 g/mol. The zero-order valence-corrected chi connectivity index (χ0v) is 18.0. The van der Waals surface area contributed by atoms with Crippen LogP contribution in [0.15, 0.2) is 35.9 Å². The fourth-order valence-corrected chi connectivity index (χ4v) is 5.11. The Labute approximate surface area is 163 Å². The van der Waals surface area contributed by atoms with E-state index in [2.05, 4.69) is 31.6 Å². The molecular formula is C21H33NO4S. The van der Waals surface area contributed by atoms with Gasteiger partial charge in [-0.2, -0.15) is 0 Å². The lowest BCUT2D eigenvalue weighted by Gasteiger charge is -2.55. The van der Waals surface area contributed by atoms with Crippen molar-refractivity contribution in [3.8, 4) is 0 Å². The van der Waals surface area contributed by atoms with Crippen LogP contribution in [0.4, 0.5) is 5.69 Å². The molecular weight excluding hydrogens is 362 g/mol. The number of ether oxygens (including phenoxy) is 1. The molecule has 1 aliphatic heterocycles. The molecule has 1 saturated heterocycles. The normalized spacial score (nSPS) is 32.8. The topological polar surface area (TPSA) is 75.6 Å². The maximum atomic E-state index is 11.3. The van der Waals surface area contributed by atoms with Gasteiger partial charge in [0.2, 0.25) is 10.0 Å². The van der Waals surface area contributed by atoms with Crippen molar-refractivity contribution in [2.75, 3.05) is 24.2 Å². The average molecular weight is 396 g/mol. The number of rotatable bonds is 4. The van der Waals surface area contributed by atoms with Crippen LogP contribution in [0.3, 0.4) is 0 Å². The Morgan fingerprint density at radius 1 is 1.22 bits per heavy atom. The maximum absolute atomic E-state index is 11.3. The second-order valence-electron chi connectivity index (χ2n) is 7.63. The highest BCUT2D eigenvalue weighted by Crippen LogP contribution is 2.55. The number of sulfonamides is 1. The Hall–Kier alpha value is -1.37. The van der Waals surface area contributed by atoms with Crippen molar-refractivity contribution < 1.29 is 18.3 Å². The lowest BCUT2D eigenvalue weighted by Crippen LogP contribution is -2.53. The first-order valence-electron chi connectivity index (χ1n) is 9.66. The predicted octanol–water partition coefficient (Wildman–Crippen LogP) is 3.98. The van der Waals surface area contributed by atoms with Gasteiger partial charge in [-0.25, -0.2) is 8.42 Å². The van der Waals surface area contributed by atoms with Crippen LogP contribution in [0.1, 0.15) is 46.3 Å². The van der Waals surface area contributed by atoms with Crippen LogP contribution in [0.25, 0.3) is 0 Å². The fraction of sp³-hybridized carbons (Fsp3) is 0.619. The largest absolute Gasteiger partial charge is 0.396 e. The number of anilines is 1. The smallest absolute Gasteiger partial charge is 0.229 e. The van der Waals surface area contributed by atoms with Gasteiger partial charge < -0.3 is 9.84 Å². The summed E-state index contributed by atoms with van der Waals surface area (Å²) in [5, 5.41) is 10.0. The Bertz CT molecular complexity index is 772. The molecule has 0 spiro atoms. The van der Waals surface area contributed by atoms with Crippen LogP contribution in [0, 0.1) is 23.2 Å². The molecule has 0 saturated carbocycles. The van der Waals surface area contributed by atoms with E-state index in [1.807, 2.05) is 26.0 Å². The molecule has 2 aliphatic rings. The van der Waals surface area contributed by atoms with Gasteiger partial charge in [0, 0.05) is 17.0 Å². The molecule has 0 aromatic heterocycles. The number of allylic oxidation sites excluding steroid dienone is 1. The van der Waals surface area contributed by atoms with E-state index in [0.717, 1.165) is 11.8 Å². The first-order valence-corrected chi connectivity index (χ1v) is 11.6. The third-order valence-corrected chi connectivity index (χ3v) is 6.69. The van der Waals surface area contributed by atoms with Crippen LogP contribution in [0.5, 0.6) is 0 Å². The molecule has 1 fully saturated rings. The van der Waals surface area contributed by atoms with Gasteiger partial charge in [-0.3, -0.25) is 4.72 Å². The van der Waals surface area contributed by atoms with Crippen molar-refractivity contribution in [3.63, 3.8) is 0 Å². The third-order valence-electron chi connectivity index (χ3n) is 6.09. The minimum Gasteiger partial charge on any atom is -0.396 e. The summed E-state index contributed by atoms with van der Waals surface area (Å²) in [4.78, 5) is 0. The molecule has 2 N–H and O–H groups in total. The molecule has 1 aliphatic carbocycles. The Morgan fingerprint density at radius 3 is 2.33 bits per heavy atom. The molecule has 1 aromatic rings. The maximum Gasteiger partial charge on any atom is 0.229 e. The number of hydrogen-bond acceptors (Lipinski definition) is 4. The number of nitrogens with one attached hydrogen (secondary N) is 1. The van der Waals surface area contributed by atoms with Gasteiger partial charge in [-0.1, -0.05) is 51.5 Å². The van der Waals surface area contributed by atoms with Crippen molar-refractivity contribution in [2.45, 2.75) is 40.7 Å². The van der Waals surface area contributed by atoms with E-state index in [4.69, 9.17) is 4.74 Å². The van der Waals surface area contributed by atoms with E-state index >= 15 is 0 Å². The van der Waals surface area contributed by atoms with Gasteiger partial charge in [-0.15, -0.1) is 0 Å². The second-order valence-corrected chi connectivity index (χ2v) is 9.38. The molecule has 5 nitrogen and oxygen atoms in total. The van der Waals surface area contributed by atoms with Crippen molar-refractivity contribution in [1.29, 1.82) is 0 Å². The molecule has 152 valence electrons. The fourth-order valence-electron chi connectivity index (χ4n) is 4.54. The Balaban J connectivity index is 0.00000126. The minimum atomic E-state index is -3.28. The highest BCUT2D eigenvalue weighted by atomic mass is 32.2. The lowest BCUT2D eigenvalue weighted by atomic mass is 9.56. The first kappa shape index (κ1) is 21.9. The molecule has 0 radical (unpaired) electrons. The van der Waals surface area contributed by atoms with Gasteiger partial charge in [-0.05, 0) is 36.5 Å². The SMILES string of the molecule is CC.CC1=CC(C)C2(CO)COC(c3ccc(NS(C)(=O)=O)cc3)C1C2C. The third kappa shape index (κ3) is 4.23. The van der Waals surface area contributed by atoms with Crippen LogP contribution < -0.4 is 4.72 Å². The first-order chi connectivity index (χ1) is 12.7. The van der Waals surface area contributed by atoms with Crippen LogP contribution in [-0.2, 0) is 14.8 Å². The van der Waals surface area contributed by atoms with E-state index in [0.29, 0.717) is 18.2 Å². The average Bonchev–Trinajstić information content (AvgIpc) is 2.61.